The van der Waals surface area contributed by atoms with Crippen molar-refractivity contribution >= 4 is 81.8 Å². The predicted octanol–water partition coefficient (Wildman–Crippen LogP) is 7.25. The summed E-state index contributed by atoms with van der Waals surface area (Å²) in [6.07, 6.45) is 16.9. The molecule has 2 radical (unpaired) electrons. The molecule has 4 bridgehead atoms. The monoisotopic (exact) mass is 1490 g/mol. The van der Waals surface area contributed by atoms with Gasteiger partial charge in [0.1, 0.15) is 6.61 Å². The van der Waals surface area contributed by atoms with Crippen molar-refractivity contribution in [3.63, 3.8) is 0 Å². The molecule has 0 saturated heterocycles. The molecule has 8 nitrogen and oxygen atoms in total. The van der Waals surface area contributed by atoms with Gasteiger partial charge in [-0.25, -0.2) is 0 Å². The van der Waals surface area contributed by atoms with Gasteiger partial charge in [0.2, 0.25) is 0 Å². The van der Waals surface area contributed by atoms with Crippen LogP contribution in [0, 0.1) is 112 Å². The van der Waals surface area contributed by atoms with Crippen molar-refractivity contribution in [2.24, 2.45) is 23.7 Å². The first-order chi connectivity index (χ1) is 20.9. The van der Waals surface area contributed by atoms with Gasteiger partial charge in [-0.05, 0) is 88.4 Å². The summed E-state index contributed by atoms with van der Waals surface area (Å²) in [6.45, 7) is 18.8. The van der Waals surface area contributed by atoms with Gasteiger partial charge in [0.05, 0.1) is 57.1 Å². The van der Waals surface area contributed by atoms with E-state index in [2.05, 4.69) is 31.1 Å². The van der Waals surface area contributed by atoms with Crippen LogP contribution in [0.1, 0.15) is 74.0 Å². The molecule has 4 aliphatic rings. The topological polar surface area (TPSA) is 132 Å². The molecular formula is C32H64Ac2Cl3HgIMgO8+. The minimum atomic E-state index is -0.363. The summed E-state index contributed by atoms with van der Waals surface area (Å²) in [5.41, 5.74) is -0.363. The number of hydrogen-bond donors (Lipinski definition) is 2. The zero-order chi connectivity index (χ0) is 33.2. The van der Waals surface area contributed by atoms with Crippen molar-refractivity contribution in [3.05, 3.63) is 51.4 Å². The van der Waals surface area contributed by atoms with Gasteiger partial charge >= 0.3 is 52.6 Å². The maximum atomic E-state index is 11.0. The normalized spacial score (nSPS) is 20.8. The molecule has 16 heteroatoms. The van der Waals surface area contributed by atoms with Crippen molar-refractivity contribution in [1.29, 1.82) is 0 Å². The molecule has 0 aromatic carbocycles. The average molecular weight is 1490 g/mol. The van der Waals surface area contributed by atoms with Crippen LogP contribution in [0.4, 0.5) is 0 Å². The number of halogens is 4. The predicted molar refractivity (Wildman–Crippen MR) is 205 cm³/mol. The Hall–Kier alpha value is 4.18. The van der Waals surface area contributed by atoms with E-state index in [4.69, 9.17) is 57.1 Å². The first kappa shape index (κ1) is 70.0. The van der Waals surface area contributed by atoms with Gasteiger partial charge in [-0.3, -0.25) is 0 Å². The van der Waals surface area contributed by atoms with E-state index in [0.29, 0.717) is 55.9 Å². The summed E-state index contributed by atoms with van der Waals surface area (Å²) in [5, 5.41) is 17.5. The van der Waals surface area contributed by atoms with E-state index in [-0.39, 0.29) is 176 Å². The van der Waals surface area contributed by atoms with Crippen molar-refractivity contribution in [2.45, 2.75) is 76.7 Å². The van der Waals surface area contributed by atoms with Crippen LogP contribution < -0.4 is 0 Å². The second-order valence-electron chi connectivity index (χ2n) is 10.0. The van der Waals surface area contributed by atoms with E-state index < -0.39 is 0 Å². The Kier molecular flexibility index (Phi) is 81.0. The zero-order valence-corrected chi connectivity index (χ0v) is 50.3. The number of alkyl halides is 3. The average Bonchev–Trinajstić information content (AvgIpc) is 3.02. The van der Waals surface area contributed by atoms with E-state index in [1.807, 2.05) is 6.92 Å². The second kappa shape index (κ2) is 55.5. The molecule has 4 fully saturated rings. The summed E-state index contributed by atoms with van der Waals surface area (Å²) >= 11 is 15.9. The third-order valence-electron chi connectivity index (χ3n) is 7.13. The van der Waals surface area contributed by atoms with Crippen LogP contribution in [0.15, 0.2) is 51.4 Å². The van der Waals surface area contributed by atoms with Gasteiger partial charge in [-0.15, -0.1) is 58.8 Å². The zero-order valence-electron chi connectivity index (χ0n) is 31.3. The molecule has 4 saturated carbocycles. The van der Waals surface area contributed by atoms with Crippen LogP contribution in [0.25, 0.3) is 0 Å². The number of hydrogen-bond acceptors (Lipinski definition) is 6. The molecular weight excluding hydrogens is 1420 g/mol. The summed E-state index contributed by atoms with van der Waals surface area (Å²) in [6, 6.07) is 0. The first-order valence-electron chi connectivity index (χ1n) is 15.1. The molecule has 0 aliphatic heterocycles. The van der Waals surface area contributed by atoms with Crippen LogP contribution in [-0.2, 0) is 45.5 Å². The number of aliphatic hydroxyl groups is 1. The van der Waals surface area contributed by atoms with Crippen molar-refractivity contribution in [1.82, 2.24) is 0 Å². The van der Waals surface area contributed by atoms with Gasteiger partial charge < -0.3 is 37.5 Å². The SMILES string of the molecule is C=COCC.C=COCCCC1(O)C2CC3CC(C2)CC1C3.C=COCCCCl.C=COCCCCl.I.O.[Ac].[Ac].[H-].[H-].[Mg+2].[OH2+]CCCCl.[OH][Hg]. The molecule has 0 atom stereocenters. The van der Waals surface area contributed by atoms with E-state index in [1.165, 1.54) is 57.2 Å². The second-order valence-corrected chi connectivity index (χ2v) is 11.1. The molecule has 0 aromatic heterocycles. The molecule has 48 heavy (non-hydrogen) atoms. The van der Waals surface area contributed by atoms with Crippen LogP contribution >= 0.6 is 58.8 Å². The Balaban J connectivity index is -0.0000000527. The molecule has 0 amide bonds. The Morgan fingerprint density at radius 1 is 0.729 bits per heavy atom. The Bertz CT molecular complexity index is 626. The molecule has 0 spiro atoms. The van der Waals surface area contributed by atoms with Gasteiger partial charge in [0.15, 0.2) is 0 Å². The van der Waals surface area contributed by atoms with Gasteiger partial charge in [0, 0.05) is 112 Å². The van der Waals surface area contributed by atoms with Crippen LogP contribution in [-0.4, -0.2) is 98.0 Å². The molecule has 4 rings (SSSR count). The van der Waals surface area contributed by atoms with Gasteiger partial charge in [-0.1, -0.05) is 26.3 Å². The summed E-state index contributed by atoms with van der Waals surface area (Å²) in [7, 11) is 0. The van der Waals surface area contributed by atoms with Crippen molar-refractivity contribution < 1.29 is 155 Å². The van der Waals surface area contributed by atoms with Crippen molar-refractivity contribution in [2.75, 3.05) is 50.7 Å². The van der Waals surface area contributed by atoms with E-state index in [0.717, 1.165) is 50.5 Å². The third kappa shape index (κ3) is 39.9. The van der Waals surface area contributed by atoms with Crippen molar-refractivity contribution in [3.8, 4) is 0 Å². The van der Waals surface area contributed by atoms with Gasteiger partial charge in [0.25, 0.3) is 0 Å². The summed E-state index contributed by atoms with van der Waals surface area (Å²) in [5.74, 6) is 4.99. The van der Waals surface area contributed by atoms with E-state index in [9.17, 15) is 5.11 Å². The van der Waals surface area contributed by atoms with Gasteiger partial charge in [-0.2, -0.15) is 0 Å². The molecule has 0 aromatic rings. The molecule has 0 unspecified atom stereocenters. The third-order valence-corrected chi connectivity index (χ3v) is 7.93. The maximum absolute atomic E-state index is 11.0. The number of rotatable bonds is 17. The van der Waals surface area contributed by atoms with Crippen LogP contribution in [0.2, 0.25) is 0 Å². The molecule has 4 aliphatic carbocycles. The quantitative estimate of drug-likeness (QED) is 0.0395. The fourth-order valence-electron chi connectivity index (χ4n) is 5.56. The fourth-order valence-corrected chi connectivity index (χ4v) is 5.91. The van der Waals surface area contributed by atoms with E-state index in [1.54, 1.807) is 0 Å². The first-order valence-corrected chi connectivity index (χ1v) is 19.2. The molecule has 277 valence electrons. The summed E-state index contributed by atoms with van der Waals surface area (Å²) < 4.78 is 26.5. The molecule has 0 heterocycles. The van der Waals surface area contributed by atoms with Crippen LogP contribution in [0.3, 0.4) is 0 Å². The van der Waals surface area contributed by atoms with Crippen LogP contribution in [0.5, 0.6) is 0 Å². The minimum absolute atomic E-state index is 0. The fraction of sp³-hybridized carbons (Fsp3) is 0.750. The Labute approximate surface area is 432 Å². The number of ether oxygens (including phenoxy) is 4. The summed E-state index contributed by atoms with van der Waals surface area (Å²) in [4.78, 5) is 0. The Morgan fingerprint density at radius 3 is 1.29 bits per heavy atom. The Morgan fingerprint density at radius 2 is 1.06 bits per heavy atom. The standard InChI is InChI=1S/C15H24O2.2C5H9ClO.C4H8O.C3H7ClO.2Ac.Hg.HI.Mg.2H2O.2H/c1-2-17-5-3-4-15(16)13-7-11-6-12(9-13)10-14(15)8-11;2*1-2-7-5-3-4-6;1-3-5-4-2;4-2-1-3-5;;;;;;;;;/h2,11-14,16H,1,3-10H2;2*2H,1,3-5H2;3H,1,4H2,2H3;5H,1-3H2;;;;1H;;2*1H2;;/q;;;;;;;+1;;+2;;;2*-1. The molecule has 6 N–H and O–H groups in total. The van der Waals surface area contributed by atoms with E-state index >= 15 is 0 Å².